The minimum absolute atomic E-state index is 0.211. The van der Waals surface area contributed by atoms with E-state index in [0.717, 1.165) is 29.3 Å². The number of amidine groups is 1. The SMILES string of the molecule is Fc1ccc(C2=CC=CN3CCSN=C23)cc1. The molecule has 0 radical (unpaired) electrons. The lowest BCUT2D eigenvalue weighted by molar-refractivity contribution is 0.594. The first kappa shape index (κ1) is 10.6. The van der Waals surface area contributed by atoms with Gasteiger partial charge in [0.15, 0.2) is 0 Å². The topological polar surface area (TPSA) is 15.6 Å². The summed E-state index contributed by atoms with van der Waals surface area (Å²) in [6.07, 6.45) is 6.06. The Morgan fingerprint density at radius 2 is 2.06 bits per heavy atom. The highest BCUT2D eigenvalue weighted by Gasteiger charge is 2.20. The van der Waals surface area contributed by atoms with Crippen molar-refractivity contribution in [3.8, 4) is 0 Å². The van der Waals surface area contributed by atoms with Crippen LogP contribution in [-0.2, 0) is 0 Å². The van der Waals surface area contributed by atoms with E-state index in [1.165, 1.54) is 12.1 Å². The molecule has 0 unspecified atom stereocenters. The molecule has 2 heterocycles. The number of halogens is 1. The number of hydrogen-bond donors (Lipinski definition) is 0. The zero-order valence-corrected chi connectivity index (χ0v) is 9.95. The van der Waals surface area contributed by atoms with E-state index >= 15 is 0 Å². The van der Waals surface area contributed by atoms with Gasteiger partial charge in [-0.2, -0.15) is 4.40 Å². The Hall–Kier alpha value is -1.55. The van der Waals surface area contributed by atoms with Crippen LogP contribution in [0, 0.1) is 5.82 Å². The van der Waals surface area contributed by atoms with Crippen LogP contribution in [0.15, 0.2) is 47.0 Å². The summed E-state index contributed by atoms with van der Waals surface area (Å²) in [5.74, 6) is 1.76. The Morgan fingerprint density at radius 3 is 2.88 bits per heavy atom. The van der Waals surface area contributed by atoms with Crippen LogP contribution < -0.4 is 0 Å². The minimum Gasteiger partial charge on any atom is -0.331 e. The molecule has 0 atom stereocenters. The Labute approximate surface area is 104 Å². The van der Waals surface area contributed by atoms with Crippen LogP contribution in [0.1, 0.15) is 5.56 Å². The summed E-state index contributed by atoms with van der Waals surface area (Å²) in [6, 6.07) is 6.55. The van der Waals surface area contributed by atoms with Gasteiger partial charge in [-0.3, -0.25) is 0 Å². The molecule has 3 rings (SSSR count). The van der Waals surface area contributed by atoms with E-state index in [1.54, 1.807) is 24.1 Å². The highest BCUT2D eigenvalue weighted by Crippen LogP contribution is 2.27. The van der Waals surface area contributed by atoms with Crippen molar-refractivity contribution in [1.82, 2.24) is 4.90 Å². The van der Waals surface area contributed by atoms with E-state index in [4.69, 9.17) is 0 Å². The predicted octanol–water partition coefficient (Wildman–Crippen LogP) is 3.10. The van der Waals surface area contributed by atoms with Crippen LogP contribution in [0.5, 0.6) is 0 Å². The smallest absolute Gasteiger partial charge is 0.148 e. The Kier molecular flexibility index (Phi) is 2.73. The van der Waals surface area contributed by atoms with Crippen LogP contribution in [0.25, 0.3) is 5.57 Å². The second kappa shape index (κ2) is 4.37. The maximum Gasteiger partial charge on any atom is 0.148 e. The quantitative estimate of drug-likeness (QED) is 0.708. The Balaban J connectivity index is 2.01. The molecule has 0 saturated carbocycles. The van der Waals surface area contributed by atoms with Crippen molar-refractivity contribution >= 4 is 23.4 Å². The van der Waals surface area contributed by atoms with Crippen molar-refractivity contribution in [2.45, 2.75) is 0 Å². The summed E-state index contributed by atoms with van der Waals surface area (Å²) in [7, 11) is 0. The van der Waals surface area contributed by atoms with E-state index in [0.29, 0.717) is 0 Å². The van der Waals surface area contributed by atoms with Gasteiger partial charge in [0.1, 0.15) is 11.7 Å². The van der Waals surface area contributed by atoms with Gasteiger partial charge in [-0.25, -0.2) is 4.39 Å². The molecule has 0 amide bonds. The summed E-state index contributed by atoms with van der Waals surface area (Å²) >= 11 is 1.58. The molecule has 0 saturated heterocycles. The number of rotatable bonds is 1. The molecular weight excluding hydrogens is 235 g/mol. The van der Waals surface area contributed by atoms with Gasteiger partial charge in [-0.15, -0.1) is 0 Å². The van der Waals surface area contributed by atoms with Gasteiger partial charge in [0, 0.05) is 24.1 Å². The Morgan fingerprint density at radius 1 is 1.24 bits per heavy atom. The molecule has 17 heavy (non-hydrogen) atoms. The fourth-order valence-electron chi connectivity index (χ4n) is 1.93. The van der Waals surface area contributed by atoms with Gasteiger partial charge >= 0.3 is 0 Å². The normalized spacial score (nSPS) is 18.5. The van der Waals surface area contributed by atoms with E-state index in [-0.39, 0.29) is 5.82 Å². The molecule has 86 valence electrons. The van der Waals surface area contributed by atoms with Gasteiger partial charge in [0.25, 0.3) is 0 Å². The molecule has 1 aromatic rings. The van der Waals surface area contributed by atoms with E-state index < -0.39 is 0 Å². The first-order valence-corrected chi connectivity index (χ1v) is 6.40. The van der Waals surface area contributed by atoms with Crippen molar-refractivity contribution in [2.75, 3.05) is 12.3 Å². The van der Waals surface area contributed by atoms with Crippen LogP contribution in [0.2, 0.25) is 0 Å². The van der Waals surface area contributed by atoms with Crippen LogP contribution in [-0.4, -0.2) is 23.0 Å². The van der Waals surface area contributed by atoms with E-state index in [1.807, 2.05) is 18.4 Å². The zero-order valence-electron chi connectivity index (χ0n) is 9.14. The third kappa shape index (κ3) is 2.00. The van der Waals surface area contributed by atoms with Crippen molar-refractivity contribution in [2.24, 2.45) is 4.40 Å². The molecule has 2 aliphatic rings. The number of allylic oxidation sites excluding steroid dienone is 2. The number of hydrogen-bond acceptors (Lipinski definition) is 3. The first-order valence-electron chi connectivity index (χ1n) is 5.46. The third-order valence-electron chi connectivity index (χ3n) is 2.77. The summed E-state index contributed by atoms with van der Waals surface area (Å²) in [4.78, 5) is 2.13. The summed E-state index contributed by atoms with van der Waals surface area (Å²) in [5.41, 5.74) is 2.06. The van der Waals surface area contributed by atoms with Gasteiger partial charge in [-0.05, 0) is 41.8 Å². The maximum absolute atomic E-state index is 12.9. The molecule has 2 aliphatic heterocycles. The maximum atomic E-state index is 12.9. The third-order valence-corrected chi connectivity index (χ3v) is 3.44. The summed E-state index contributed by atoms with van der Waals surface area (Å²) in [5, 5.41) is 0. The molecule has 0 aliphatic carbocycles. The fraction of sp³-hybridized carbons (Fsp3) is 0.154. The van der Waals surface area contributed by atoms with Crippen LogP contribution in [0.3, 0.4) is 0 Å². The lowest BCUT2D eigenvalue weighted by Crippen LogP contribution is -2.32. The van der Waals surface area contributed by atoms with Crippen molar-refractivity contribution in [1.29, 1.82) is 0 Å². The largest absolute Gasteiger partial charge is 0.331 e. The number of benzene rings is 1. The number of fused-ring (bicyclic) bond motifs is 1. The highest BCUT2D eigenvalue weighted by atomic mass is 32.2. The molecular formula is C13H11FN2S. The van der Waals surface area contributed by atoms with Gasteiger partial charge in [-0.1, -0.05) is 12.1 Å². The highest BCUT2D eigenvalue weighted by molar-refractivity contribution is 7.98. The van der Waals surface area contributed by atoms with Crippen molar-refractivity contribution < 1.29 is 4.39 Å². The second-order valence-corrected chi connectivity index (χ2v) is 4.72. The second-order valence-electron chi connectivity index (χ2n) is 3.87. The van der Waals surface area contributed by atoms with E-state index in [9.17, 15) is 4.39 Å². The average molecular weight is 246 g/mol. The van der Waals surface area contributed by atoms with Gasteiger partial charge in [0.2, 0.25) is 0 Å². The molecule has 0 N–H and O–H groups in total. The van der Waals surface area contributed by atoms with Gasteiger partial charge in [0.05, 0.1) is 0 Å². The Bertz CT molecular complexity index is 517. The lowest BCUT2D eigenvalue weighted by Gasteiger charge is -2.29. The predicted molar refractivity (Wildman–Crippen MR) is 70.1 cm³/mol. The standard InChI is InChI=1S/C13H11FN2S/c14-11-5-3-10(4-6-11)12-2-1-7-16-8-9-17-15-13(12)16/h1-7H,8-9H2. The zero-order chi connectivity index (χ0) is 11.7. The summed E-state index contributed by atoms with van der Waals surface area (Å²) < 4.78 is 17.4. The molecule has 0 aromatic heterocycles. The molecule has 0 fully saturated rings. The molecule has 4 heteroatoms. The summed E-state index contributed by atoms with van der Waals surface area (Å²) in [6.45, 7) is 0.971. The van der Waals surface area contributed by atoms with Crippen LogP contribution in [0.4, 0.5) is 4.39 Å². The first-order chi connectivity index (χ1) is 8.34. The molecule has 1 aromatic carbocycles. The minimum atomic E-state index is -0.211. The lowest BCUT2D eigenvalue weighted by atomic mass is 10.0. The van der Waals surface area contributed by atoms with Crippen molar-refractivity contribution in [3.05, 3.63) is 54.0 Å². The fourth-order valence-corrected chi connectivity index (χ4v) is 2.62. The van der Waals surface area contributed by atoms with Crippen molar-refractivity contribution in [3.63, 3.8) is 0 Å². The molecule has 0 spiro atoms. The number of nitrogens with zero attached hydrogens (tertiary/aromatic N) is 2. The molecule has 0 bridgehead atoms. The van der Waals surface area contributed by atoms with E-state index in [2.05, 4.69) is 9.30 Å². The molecule has 2 nitrogen and oxygen atoms in total. The van der Waals surface area contributed by atoms with Crippen LogP contribution >= 0.6 is 11.9 Å². The average Bonchev–Trinajstić information content (AvgIpc) is 2.39. The monoisotopic (exact) mass is 246 g/mol. The van der Waals surface area contributed by atoms with Gasteiger partial charge < -0.3 is 4.90 Å².